The lowest BCUT2D eigenvalue weighted by molar-refractivity contribution is 0.0975. The van der Waals surface area contributed by atoms with Crippen molar-refractivity contribution in [1.82, 2.24) is 0 Å². The molecule has 2 rings (SSSR count). The molecular formula is C17H16F2O3. The second kappa shape index (κ2) is 6.66. The van der Waals surface area contributed by atoms with Gasteiger partial charge in [0, 0.05) is 0 Å². The number of hydrogen-bond acceptors (Lipinski definition) is 3. The van der Waals surface area contributed by atoms with Crippen molar-refractivity contribution in [1.29, 1.82) is 0 Å². The van der Waals surface area contributed by atoms with Crippen LogP contribution in [0.2, 0.25) is 0 Å². The molecule has 0 amide bonds. The summed E-state index contributed by atoms with van der Waals surface area (Å²) < 4.78 is 31.6. The molecule has 1 N–H and O–H groups in total. The number of carbonyl (C=O) groups excluding carboxylic acids is 1. The maximum absolute atomic E-state index is 13.2. The van der Waals surface area contributed by atoms with E-state index in [1.807, 2.05) is 0 Å². The molecule has 0 saturated carbocycles. The van der Waals surface area contributed by atoms with Gasteiger partial charge in [0.05, 0.1) is 5.56 Å². The zero-order valence-electron chi connectivity index (χ0n) is 12.3. The first kappa shape index (κ1) is 16.1. The fourth-order valence-corrected chi connectivity index (χ4v) is 2.17. The number of Topliss-reactive ketones (excluding diaryl/α,β-unsaturated/α-hetero) is 1. The number of aryl methyl sites for hydroxylation is 1. The van der Waals surface area contributed by atoms with E-state index in [4.69, 9.17) is 4.74 Å². The molecular weight excluding hydrogens is 290 g/mol. The summed E-state index contributed by atoms with van der Waals surface area (Å²) in [5, 5.41) is 10.1. The molecule has 2 aromatic rings. The fourth-order valence-electron chi connectivity index (χ4n) is 2.17. The van der Waals surface area contributed by atoms with Crippen molar-refractivity contribution in [3.05, 3.63) is 64.7 Å². The first-order chi connectivity index (χ1) is 10.4. The highest BCUT2D eigenvalue weighted by molar-refractivity contribution is 5.96. The zero-order valence-corrected chi connectivity index (χ0v) is 12.3. The number of ketones is 1. The summed E-state index contributed by atoms with van der Waals surface area (Å²) in [5.41, 5.74) is 1.25. The third-order valence-corrected chi connectivity index (χ3v) is 3.31. The highest BCUT2D eigenvalue weighted by atomic mass is 19.1. The lowest BCUT2D eigenvalue weighted by Crippen LogP contribution is -2.12. The van der Waals surface area contributed by atoms with E-state index >= 15 is 0 Å². The predicted molar refractivity (Wildman–Crippen MR) is 78.0 cm³/mol. The van der Waals surface area contributed by atoms with Crippen molar-refractivity contribution in [3.63, 3.8) is 0 Å². The van der Waals surface area contributed by atoms with Crippen molar-refractivity contribution in [3.8, 4) is 5.75 Å². The molecule has 0 bridgehead atoms. The smallest absolute Gasteiger partial charge is 0.163 e. The van der Waals surface area contributed by atoms with Gasteiger partial charge in [-0.1, -0.05) is 6.07 Å². The van der Waals surface area contributed by atoms with Crippen LogP contribution in [0.4, 0.5) is 8.78 Å². The van der Waals surface area contributed by atoms with Crippen LogP contribution >= 0.6 is 0 Å². The number of rotatable bonds is 5. The van der Waals surface area contributed by atoms with Crippen molar-refractivity contribution < 1.29 is 23.4 Å². The molecule has 0 aliphatic carbocycles. The molecule has 0 fully saturated rings. The van der Waals surface area contributed by atoms with Crippen molar-refractivity contribution >= 4 is 5.78 Å². The van der Waals surface area contributed by atoms with Gasteiger partial charge in [-0.15, -0.1) is 0 Å². The molecule has 0 radical (unpaired) electrons. The molecule has 2 aromatic carbocycles. The van der Waals surface area contributed by atoms with Gasteiger partial charge in [-0.25, -0.2) is 8.78 Å². The molecule has 1 unspecified atom stereocenters. The number of aliphatic hydroxyl groups is 1. The lowest BCUT2D eigenvalue weighted by Gasteiger charge is -2.16. The minimum absolute atomic E-state index is 0.114. The number of benzene rings is 2. The quantitative estimate of drug-likeness (QED) is 0.859. The Labute approximate surface area is 127 Å². The fraction of sp³-hybridized carbons (Fsp3) is 0.235. The van der Waals surface area contributed by atoms with Crippen LogP contribution in [0.25, 0.3) is 0 Å². The summed E-state index contributed by atoms with van der Waals surface area (Å²) in [6.07, 6.45) is -0.981. The van der Waals surface area contributed by atoms with Gasteiger partial charge in [-0.05, 0) is 55.3 Å². The topological polar surface area (TPSA) is 46.5 Å². The summed E-state index contributed by atoms with van der Waals surface area (Å²) in [7, 11) is 0. The Hall–Kier alpha value is -2.27. The van der Waals surface area contributed by atoms with Crippen LogP contribution in [0, 0.1) is 18.6 Å². The first-order valence-electron chi connectivity index (χ1n) is 6.76. The van der Waals surface area contributed by atoms with Gasteiger partial charge in [0.15, 0.2) is 5.78 Å². The molecule has 1 atom stereocenters. The van der Waals surface area contributed by atoms with E-state index < -0.39 is 11.9 Å². The highest BCUT2D eigenvalue weighted by Gasteiger charge is 2.15. The van der Waals surface area contributed by atoms with Gasteiger partial charge in [-0.3, -0.25) is 4.79 Å². The number of aliphatic hydroxyl groups excluding tert-OH is 1. The maximum atomic E-state index is 13.2. The van der Waals surface area contributed by atoms with E-state index in [1.165, 1.54) is 37.3 Å². The van der Waals surface area contributed by atoms with E-state index in [2.05, 4.69) is 0 Å². The minimum atomic E-state index is -0.981. The van der Waals surface area contributed by atoms with E-state index in [1.54, 1.807) is 6.92 Å². The minimum Gasteiger partial charge on any atom is -0.490 e. The molecule has 22 heavy (non-hydrogen) atoms. The van der Waals surface area contributed by atoms with Crippen LogP contribution in [0.15, 0.2) is 36.4 Å². The second-order valence-electron chi connectivity index (χ2n) is 5.02. The summed E-state index contributed by atoms with van der Waals surface area (Å²) in [4.78, 5) is 11.5. The van der Waals surface area contributed by atoms with Crippen molar-refractivity contribution in [2.24, 2.45) is 0 Å². The summed E-state index contributed by atoms with van der Waals surface area (Å²) in [5.74, 6) is -1.05. The summed E-state index contributed by atoms with van der Waals surface area (Å²) in [6, 6.07) is 7.66. The monoisotopic (exact) mass is 306 g/mol. The molecule has 5 heteroatoms. The number of hydrogen-bond donors (Lipinski definition) is 1. The maximum Gasteiger partial charge on any atom is 0.163 e. The number of halogens is 2. The third-order valence-electron chi connectivity index (χ3n) is 3.31. The zero-order chi connectivity index (χ0) is 16.3. The van der Waals surface area contributed by atoms with Gasteiger partial charge < -0.3 is 9.84 Å². The Balaban J connectivity index is 2.14. The Morgan fingerprint density at radius 1 is 1.18 bits per heavy atom. The van der Waals surface area contributed by atoms with Gasteiger partial charge in [-0.2, -0.15) is 0 Å². The third kappa shape index (κ3) is 3.68. The Kier molecular flexibility index (Phi) is 4.88. The Morgan fingerprint density at radius 2 is 1.82 bits per heavy atom. The van der Waals surface area contributed by atoms with Crippen molar-refractivity contribution in [2.75, 3.05) is 6.61 Å². The summed E-state index contributed by atoms with van der Waals surface area (Å²) in [6.45, 7) is 2.86. The molecule has 116 valence electrons. The Morgan fingerprint density at radius 3 is 2.45 bits per heavy atom. The van der Waals surface area contributed by atoms with Crippen LogP contribution in [0.3, 0.4) is 0 Å². The molecule has 0 aliphatic rings. The van der Waals surface area contributed by atoms with E-state index in [0.717, 1.165) is 6.07 Å². The van der Waals surface area contributed by atoms with Gasteiger partial charge in [0.25, 0.3) is 0 Å². The molecule has 0 heterocycles. The molecule has 0 aliphatic heterocycles. The van der Waals surface area contributed by atoms with Crippen LogP contribution in [0.1, 0.15) is 34.5 Å². The van der Waals surface area contributed by atoms with Crippen LogP contribution in [-0.4, -0.2) is 17.5 Å². The predicted octanol–water partition coefficient (Wildman–Crippen LogP) is 3.59. The second-order valence-corrected chi connectivity index (χ2v) is 5.02. The summed E-state index contributed by atoms with van der Waals surface area (Å²) >= 11 is 0. The highest BCUT2D eigenvalue weighted by Crippen LogP contribution is 2.24. The lowest BCUT2D eigenvalue weighted by atomic mass is 10.0. The van der Waals surface area contributed by atoms with E-state index in [-0.39, 0.29) is 29.5 Å². The van der Waals surface area contributed by atoms with Gasteiger partial charge in [0.2, 0.25) is 0 Å². The van der Waals surface area contributed by atoms with E-state index in [0.29, 0.717) is 11.1 Å². The van der Waals surface area contributed by atoms with Crippen LogP contribution in [0.5, 0.6) is 5.75 Å². The first-order valence-corrected chi connectivity index (χ1v) is 6.76. The largest absolute Gasteiger partial charge is 0.490 e. The average Bonchev–Trinajstić information content (AvgIpc) is 2.45. The van der Waals surface area contributed by atoms with Gasteiger partial charge >= 0.3 is 0 Å². The Bertz CT molecular complexity index is 698. The molecule has 0 spiro atoms. The van der Waals surface area contributed by atoms with Crippen LogP contribution < -0.4 is 4.74 Å². The molecule has 3 nitrogen and oxygen atoms in total. The average molecular weight is 306 g/mol. The number of carbonyl (C=O) groups is 1. The number of ether oxygens (including phenoxy) is 1. The standard InChI is InChI=1S/C17H16F2O3/c1-10-7-12(18)3-5-14(10)16(21)9-22-17-6-4-13(19)8-15(17)11(2)20/h3-8,16,21H,9H2,1-2H3. The molecule has 0 saturated heterocycles. The van der Waals surface area contributed by atoms with E-state index in [9.17, 15) is 18.7 Å². The normalized spacial score (nSPS) is 12.0. The van der Waals surface area contributed by atoms with Gasteiger partial charge in [0.1, 0.15) is 30.1 Å². The SMILES string of the molecule is CC(=O)c1cc(F)ccc1OCC(O)c1ccc(F)cc1C. The van der Waals surface area contributed by atoms with Crippen molar-refractivity contribution in [2.45, 2.75) is 20.0 Å². The molecule has 0 aromatic heterocycles. The van der Waals surface area contributed by atoms with Crippen LogP contribution in [-0.2, 0) is 0 Å².